The van der Waals surface area contributed by atoms with Crippen LogP contribution in [0.1, 0.15) is 22.3 Å². The predicted octanol–water partition coefficient (Wildman–Crippen LogP) is 11.5. The van der Waals surface area contributed by atoms with Gasteiger partial charge in [-0.15, -0.1) is 0 Å². The van der Waals surface area contributed by atoms with Crippen LogP contribution in [-0.2, 0) is 29.8 Å². The van der Waals surface area contributed by atoms with Gasteiger partial charge in [-0.25, -0.2) is 0 Å². The molecule has 6 nitrogen and oxygen atoms in total. The Balaban J connectivity index is 1.47. The van der Waals surface area contributed by atoms with Crippen molar-refractivity contribution in [2.45, 2.75) is 35.7 Å². The zero-order valence-electron chi connectivity index (χ0n) is 29.0. The molecule has 0 radical (unpaired) electrons. The smallest absolute Gasteiger partial charge is 0.377 e. The minimum atomic E-state index is -6.00. The largest absolute Gasteiger partial charge is 0.534 e. The van der Waals surface area contributed by atoms with E-state index in [1.807, 2.05) is 0 Å². The fourth-order valence-corrected chi connectivity index (χ4v) is 6.72. The number of allylic oxidation sites excluding steroid dienone is 1. The van der Waals surface area contributed by atoms with Crippen molar-refractivity contribution in [2.24, 2.45) is 0 Å². The zero-order valence-corrected chi connectivity index (χ0v) is 30.6. The number of hydrogen-bond donors (Lipinski definition) is 0. The molecule has 0 N–H and O–H groups in total. The molecule has 308 valence electrons. The van der Waals surface area contributed by atoms with Gasteiger partial charge in [0.1, 0.15) is 11.5 Å². The summed E-state index contributed by atoms with van der Waals surface area (Å²) in [5.41, 5.74) is -16.7. The second kappa shape index (κ2) is 15.0. The van der Waals surface area contributed by atoms with E-state index in [0.29, 0.717) is 35.2 Å². The molecule has 0 amide bonds. The molecule has 0 saturated carbocycles. The third-order valence-corrected chi connectivity index (χ3v) is 10.7. The van der Waals surface area contributed by atoms with E-state index >= 15 is 0 Å². The third-order valence-electron chi connectivity index (χ3n) is 8.68. The maximum Gasteiger partial charge on any atom is 0.534 e. The quantitative estimate of drug-likeness (QED) is 0.0457. The summed E-state index contributed by atoms with van der Waals surface area (Å²) < 4.78 is 219. The van der Waals surface area contributed by atoms with Crippen molar-refractivity contribution in [3.05, 3.63) is 144 Å². The van der Waals surface area contributed by atoms with Gasteiger partial charge in [0.25, 0.3) is 0 Å². The molecule has 0 aliphatic rings. The molecule has 0 unspecified atom stereocenters. The Morgan fingerprint density at radius 1 is 0.552 bits per heavy atom. The van der Waals surface area contributed by atoms with Crippen LogP contribution in [0.5, 0.6) is 5.75 Å². The fourth-order valence-electron chi connectivity index (χ4n) is 5.83. The summed E-state index contributed by atoms with van der Waals surface area (Å²) in [6.07, 6.45) is -9.92. The molecule has 0 bridgehead atoms. The van der Waals surface area contributed by atoms with Gasteiger partial charge in [-0.05, 0) is 92.5 Å². The molecular formula is C38H24F12O6S2. The number of rotatable bonds is 10. The highest BCUT2D eigenvalue weighted by atomic mass is 32.2. The van der Waals surface area contributed by atoms with Gasteiger partial charge in [0.05, 0.1) is 0 Å². The highest BCUT2D eigenvalue weighted by Crippen LogP contribution is 2.56. The normalized spacial score (nSPS) is 13.5. The van der Waals surface area contributed by atoms with Crippen LogP contribution in [0.4, 0.5) is 52.7 Å². The SMILES string of the molecule is C=C(/C=C\c1cc(-c2ccc(C(c3ccc(-c4ccc5cc(OS(=O)(=O)C(F)(F)F)ccc5c4)cc3)(C(F)(F)F)C(F)(F)F)cc2)ccc1C)OS(=O)(=O)C(F)(F)F. The van der Waals surface area contributed by atoms with Crippen LogP contribution in [0.3, 0.4) is 0 Å². The summed E-state index contributed by atoms with van der Waals surface area (Å²) >= 11 is 0. The fraction of sp³-hybridized carbons (Fsp3) is 0.158. The lowest BCUT2D eigenvalue weighted by Crippen LogP contribution is -2.54. The lowest BCUT2D eigenvalue weighted by atomic mass is 9.72. The van der Waals surface area contributed by atoms with Gasteiger partial charge < -0.3 is 8.37 Å². The molecule has 20 heteroatoms. The third kappa shape index (κ3) is 8.52. The first kappa shape index (κ1) is 43.6. The second-order valence-corrected chi connectivity index (χ2v) is 15.5. The first-order valence-corrected chi connectivity index (χ1v) is 18.8. The molecule has 0 spiro atoms. The average molecular weight is 869 g/mol. The minimum absolute atomic E-state index is 0.138. The first-order valence-electron chi connectivity index (χ1n) is 16.0. The van der Waals surface area contributed by atoms with Crippen LogP contribution in [-0.4, -0.2) is 40.2 Å². The Labute approximate surface area is 321 Å². The molecular weight excluding hydrogens is 845 g/mol. The van der Waals surface area contributed by atoms with Crippen molar-refractivity contribution in [1.82, 2.24) is 0 Å². The average Bonchev–Trinajstić information content (AvgIpc) is 3.09. The van der Waals surface area contributed by atoms with Crippen LogP contribution in [0.2, 0.25) is 0 Å². The van der Waals surface area contributed by atoms with Gasteiger partial charge in [0.15, 0.2) is 0 Å². The molecule has 0 atom stereocenters. The summed E-state index contributed by atoms with van der Waals surface area (Å²) in [4.78, 5) is 0. The topological polar surface area (TPSA) is 86.7 Å². The monoisotopic (exact) mass is 868 g/mol. The van der Waals surface area contributed by atoms with Crippen molar-refractivity contribution in [2.75, 3.05) is 0 Å². The Morgan fingerprint density at radius 3 is 1.47 bits per heavy atom. The number of alkyl halides is 12. The van der Waals surface area contributed by atoms with Crippen molar-refractivity contribution in [3.63, 3.8) is 0 Å². The molecule has 58 heavy (non-hydrogen) atoms. The summed E-state index contributed by atoms with van der Waals surface area (Å²) in [5.74, 6) is -1.56. The molecule has 5 aromatic rings. The van der Waals surface area contributed by atoms with E-state index in [9.17, 15) is 69.5 Å². The standard InChI is InChI=1S/C38H24F12O6S2/c1-22-3-5-27(19-26(22)6-4-23(2)55-57(51,52)37(45,46)47)24-9-14-31(15-10-24)34(35(39,40)41,36(42,43)44)32-16-11-25(12-17-32)28-7-8-30-21-33(18-13-29(30)20-28)56-58(53,54)38(48,49)50/h3-21H,2H2,1H3/b6-4-. The van der Waals surface area contributed by atoms with E-state index < -0.39 is 71.7 Å². The number of aryl methyl sites for hydroxylation is 1. The van der Waals surface area contributed by atoms with Gasteiger partial charge in [-0.3, -0.25) is 0 Å². The van der Waals surface area contributed by atoms with E-state index in [-0.39, 0.29) is 33.2 Å². The van der Waals surface area contributed by atoms with Crippen molar-refractivity contribution in [3.8, 4) is 28.0 Å². The maximum atomic E-state index is 14.9. The summed E-state index contributed by atoms with van der Waals surface area (Å²) in [6, 6.07) is 18.2. The molecule has 0 heterocycles. The summed E-state index contributed by atoms with van der Waals surface area (Å²) in [6.45, 7) is 4.66. The number of halogens is 12. The van der Waals surface area contributed by atoms with Crippen LogP contribution >= 0.6 is 0 Å². The minimum Gasteiger partial charge on any atom is -0.377 e. The van der Waals surface area contributed by atoms with Crippen molar-refractivity contribution >= 4 is 37.1 Å². The van der Waals surface area contributed by atoms with E-state index in [1.165, 1.54) is 42.5 Å². The van der Waals surface area contributed by atoms with Gasteiger partial charge in [0, 0.05) is 0 Å². The maximum absolute atomic E-state index is 14.9. The van der Waals surface area contributed by atoms with Crippen LogP contribution in [0, 0.1) is 6.92 Å². The first-order chi connectivity index (χ1) is 26.6. The summed E-state index contributed by atoms with van der Waals surface area (Å²) in [5, 5.41) is 0.508. The molecule has 0 saturated heterocycles. The van der Waals surface area contributed by atoms with Gasteiger partial charge in [0.2, 0.25) is 5.41 Å². The zero-order chi connectivity index (χ0) is 43.3. The van der Waals surface area contributed by atoms with E-state index in [2.05, 4.69) is 14.9 Å². The molecule has 0 aliphatic heterocycles. The Bertz CT molecular complexity index is 2600. The number of fused-ring (bicyclic) bond motifs is 1. The lowest BCUT2D eigenvalue weighted by molar-refractivity contribution is -0.288. The van der Waals surface area contributed by atoms with Crippen molar-refractivity contribution < 1.29 is 77.9 Å². The van der Waals surface area contributed by atoms with E-state index in [0.717, 1.165) is 48.6 Å². The molecule has 5 rings (SSSR count). The Hall–Kier alpha value is -5.50. The van der Waals surface area contributed by atoms with E-state index in [1.54, 1.807) is 6.92 Å². The Morgan fingerprint density at radius 2 is 0.983 bits per heavy atom. The molecule has 5 aromatic carbocycles. The van der Waals surface area contributed by atoms with Crippen LogP contribution in [0.25, 0.3) is 39.1 Å². The van der Waals surface area contributed by atoms with Gasteiger partial charge in [-0.1, -0.05) is 91.5 Å². The van der Waals surface area contributed by atoms with Gasteiger partial charge in [-0.2, -0.15) is 69.5 Å². The van der Waals surface area contributed by atoms with Crippen LogP contribution < -0.4 is 4.18 Å². The highest BCUT2D eigenvalue weighted by Gasteiger charge is 2.72. The summed E-state index contributed by atoms with van der Waals surface area (Å²) in [7, 11) is -12.0. The number of benzene rings is 5. The van der Waals surface area contributed by atoms with Gasteiger partial charge >= 0.3 is 43.6 Å². The lowest BCUT2D eigenvalue weighted by Gasteiger charge is -2.38. The Kier molecular flexibility index (Phi) is 11.3. The van der Waals surface area contributed by atoms with Crippen LogP contribution in [0.15, 0.2) is 122 Å². The molecule has 0 aromatic heterocycles. The van der Waals surface area contributed by atoms with E-state index in [4.69, 9.17) is 0 Å². The second-order valence-electron chi connectivity index (χ2n) is 12.5. The molecule has 0 fully saturated rings. The number of hydrogen-bond acceptors (Lipinski definition) is 6. The van der Waals surface area contributed by atoms with Crippen molar-refractivity contribution in [1.29, 1.82) is 0 Å². The molecule has 0 aliphatic carbocycles. The highest BCUT2D eigenvalue weighted by molar-refractivity contribution is 7.88. The predicted molar refractivity (Wildman–Crippen MR) is 189 cm³/mol.